The van der Waals surface area contributed by atoms with Gasteiger partial charge in [-0.25, -0.2) is 4.98 Å². The topological polar surface area (TPSA) is 29.3 Å². The molecule has 0 fully saturated rings. The zero-order valence-electron chi connectivity index (χ0n) is 23.4. The fraction of sp³-hybridized carbons (Fsp3) is 0.237. The predicted molar refractivity (Wildman–Crippen MR) is 169 cm³/mol. The van der Waals surface area contributed by atoms with Gasteiger partial charge in [0, 0.05) is 28.8 Å². The van der Waals surface area contributed by atoms with Crippen LogP contribution in [0.1, 0.15) is 32.6 Å². The summed E-state index contributed by atoms with van der Waals surface area (Å²) in [6.07, 6.45) is 25.5. The lowest BCUT2D eigenvalue weighted by molar-refractivity contribution is 0.329. The molecule has 41 heavy (non-hydrogen) atoms. The number of aromatic nitrogens is 1. The van der Waals surface area contributed by atoms with Crippen LogP contribution in [-0.4, -0.2) is 4.98 Å². The Bertz CT molecular complexity index is 1800. The lowest BCUT2D eigenvalue weighted by Gasteiger charge is -2.39. The van der Waals surface area contributed by atoms with Crippen molar-refractivity contribution < 1.29 is 4.42 Å². The molecule has 0 bridgehead atoms. The molecule has 1 aromatic heterocycles. The lowest BCUT2D eigenvalue weighted by atomic mass is 9.69. The van der Waals surface area contributed by atoms with Gasteiger partial charge < -0.3 is 9.32 Å². The SMILES string of the molecule is CC1C(C2C=CC=CC2)=CC(N2c3ccccc3-c3ccccc3-c3cc4ncoc4cc32)=CC1C1C=CCCC1. The van der Waals surface area contributed by atoms with E-state index in [1.807, 2.05) is 0 Å². The zero-order valence-corrected chi connectivity index (χ0v) is 23.4. The maximum atomic E-state index is 5.89. The standard InChI is InChI=1S/C38H34N2O/c1-25-32(26-12-4-2-5-13-26)20-28(21-33(25)27-14-6-3-7-15-27)40-36-19-11-10-18-31(36)29-16-8-9-17-30(29)34-22-35-38(23-37(34)40)41-24-39-35/h2,4-6,8-12,14,16-27,33H,3,7,13,15H2,1H3. The van der Waals surface area contributed by atoms with E-state index in [1.165, 1.54) is 58.5 Å². The summed E-state index contributed by atoms with van der Waals surface area (Å²) in [7, 11) is 0. The van der Waals surface area contributed by atoms with Crippen molar-refractivity contribution in [2.75, 3.05) is 4.90 Å². The third-order valence-electron chi connectivity index (χ3n) is 9.58. The first kappa shape index (κ1) is 24.4. The number of para-hydroxylation sites is 1. The number of benzene rings is 3. The molecule has 4 unspecified atom stereocenters. The number of anilines is 2. The minimum Gasteiger partial charge on any atom is -0.443 e. The van der Waals surface area contributed by atoms with Crippen LogP contribution in [0.15, 0.2) is 131 Å². The van der Waals surface area contributed by atoms with Crippen LogP contribution in [0.5, 0.6) is 0 Å². The molecule has 0 spiro atoms. The van der Waals surface area contributed by atoms with Crippen molar-refractivity contribution in [2.24, 2.45) is 23.7 Å². The van der Waals surface area contributed by atoms with Crippen LogP contribution >= 0.6 is 0 Å². The summed E-state index contributed by atoms with van der Waals surface area (Å²) >= 11 is 0. The molecule has 8 rings (SSSR count). The van der Waals surface area contributed by atoms with Gasteiger partial charge in [0.1, 0.15) is 5.52 Å². The monoisotopic (exact) mass is 534 g/mol. The van der Waals surface area contributed by atoms with Gasteiger partial charge in [0.05, 0.1) is 11.4 Å². The van der Waals surface area contributed by atoms with Crippen molar-refractivity contribution in [1.29, 1.82) is 0 Å². The smallest absolute Gasteiger partial charge is 0.181 e. The Kier molecular flexibility index (Phi) is 5.91. The van der Waals surface area contributed by atoms with E-state index in [9.17, 15) is 0 Å². The molecule has 3 aromatic carbocycles. The molecule has 0 amide bonds. The van der Waals surface area contributed by atoms with E-state index in [4.69, 9.17) is 4.42 Å². The van der Waals surface area contributed by atoms with Gasteiger partial charge in [0.15, 0.2) is 12.0 Å². The van der Waals surface area contributed by atoms with Gasteiger partial charge >= 0.3 is 0 Å². The third kappa shape index (κ3) is 4.06. The van der Waals surface area contributed by atoms with Gasteiger partial charge in [-0.2, -0.15) is 0 Å². The van der Waals surface area contributed by atoms with E-state index in [-0.39, 0.29) is 0 Å². The molecule has 4 atom stereocenters. The predicted octanol–water partition coefficient (Wildman–Crippen LogP) is 10.2. The molecule has 3 heteroatoms. The van der Waals surface area contributed by atoms with Crippen LogP contribution in [0, 0.1) is 23.7 Å². The molecule has 0 radical (unpaired) electrons. The van der Waals surface area contributed by atoms with E-state index in [1.54, 1.807) is 6.39 Å². The quantitative estimate of drug-likeness (QED) is 0.245. The largest absolute Gasteiger partial charge is 0.443 e. The number of allylic oxidation sites excluding steroid dienone is 9. The summed E-state index contributed by atoms with van der Waals surface area (Å²) < 4.78 is 5.89. The molecule has 1 aliphatic heterocycles. The second-order valence-corrected chi connectivity index (χ2v) is 11.9. The van der Waals surface area contributed by atoms with E-state index in [0.717, 1.165) is 23.2 Å². The molecular formula is C38H34N2O. The summed E-state index contributed by atoms with van der Waals surface area (Å²) in [4.78, 5) is 7.04. The number of rotatable bonds is 3. The van der Waals surface area contributed by atoms with Crippen molar-refractivity contribution in [2.45, 2.75) is 32.6 Å². The minimum absolute atomic E-state index is 0.421. The van der Waals surface area contributed by atoms with Crippen LogP contribution in [0.25, 0.3) is 33.4 Å². The molecule has 4 aliphatic rings. The zero-order chi connectivity index (χ0) is 27.3. The summed E-state index contributed by atoms with van der Waals surface area (Å²) in [5.74, 6) is 1.89. The second kappa shape index (κ2) is 9.92. The maximum Gasteiger partial charge on any atom is 0.181 e. The van der Waals surface area contributed by atoms with E-state index < -0.39 is 0 Å². The molecule has 0 N–H and O–H groups in total. The number of fused-ring (bicyclic) bond motifs is 6. The molecule has 0 saturated carbocycles. The van der Waals surface area contributed by atoms with Crippen molar-refractivity contribution in [3.05, 3.63) is 127 Å². The van der Waals surface area contributed by atoms with Gasteiger partial charge in [-0.3, -0.25) is 0 Å². The number of oxazole rings is 1. The number of hydrogen-bond donors (Lipinski definition) is 0. The highest BCUT2D eigenvalue weighted by atomic mass is 16.3. The molecule has 0 saturated heterocycles. The van der Waals surface area contributed by atoms with Crippen molar-refractivity contribution in [3.63, 3.8) is 0 Å². The van der Waals surface area contributed by atoms with Gasteiger partial charge in [-0.15, -0.1) is 0 Å². The van der Waals surface area contributed by atoms with Gasteiger partial charge in [-0.05, 0) is 72.8 Å². The summed E-state index contributed by atoms with van der Waals surface area (Å²) in [6, 6.07) is 22.0. The Labute approximate surface area is 241 Å². The lowest BCUT2D eigenvalue weighted by Crippen LogP contribution is -2.30. The average Bonchev–Trinajstić information content (AvgIpc) is 3.46. The van der Waals surface area contributed by atoms with Crippen LogP contribution < -0.4 is 4.90 Å². The normalized spacial score (nSPS) is 24.8. The fourth-order valence-electron chi connectivity index (χ4n) is 7.53. The van der Waals surface area contributed by atoms with Crippen LogP contribution in [0.3, 0.4) is 0 Å². The number of nitrogens with zero attached hydrogens (tertiary/aromatic N) is 2. The highest BCUT2D eigenvalue weighted by Gasteiger charge is 2.35. The highest BCUT2D eigenvalue weighted by Crippen LogP contribution is 2.52. The minimum atomic E-state index is 0.421. The van der Waals surface area contributed by atoms with Crippen LogP contribution in [-0.2, 0) is 0 Å². The molecule has 4 aromatic rings. The molecular weight excluding hydrogens is 500 g/mol. The summed E-state index contributed by atoms with van der Waals surface area (Å²) in [5.41, 5.74) is 11.7. The maximum absolute atomic E-state index is 5.89. The van der Waals surface area contributed by atoms with Gasteiger partial charge in [0.25, 0.3) is 0 Å². The Balaban J connectivity index is 1.40. The first-order valence-electron chi connectivity index (χ1n) is 15.1. The van der Waals surface area contributed by atoms with Crippen LogP contribution in [0.2, 0.25) is 0 Å². The summed E-state index contributed by atoms with van der Waals surface area (Å²) in [6.45, 7) is 2.45. The second-order valence-electron chi connectivity index (χ2n) is 11.9. The van der Waals surface area contributed by atoms with Crippen LogP contribution in [0.4, 0.5) is 11.4 Å². The molecule has 3 aliphatic carbocycles. The van der Waals surface area contributed by atoms with Crippen molar-refractivity contribution in [1.82, 2.24) is 4.98 Å². The van der Waals surface area contributed by atoms with E-state index in [2.05, 4.69) is 126 Å². The molecule has 3 nitrogen and oxygen atoms in total. The highest BCUT2D eigenvalue weighted by molar-refractivity contribution is 6.03. The molecule has 202 valence electrons. The van der Waals surface area contributed by atoms with E-state index >= 15 is 0 Å². The fourth-order valence-corrected chi connectivity index (χ4v) is 7.53. The average molecular weight is 535 g/mol. The number of hydrogen-bond acceptors (Lipinski definition) is 3. The molecule has 2 heterocycles. The van der Waals surface area contributed by atoms with E-state index in [0.29, 0.717) is 23.7 Å². The van der Waals surface area contributed by atoms with Crippen molar-refractivity contribution >= 4 is 22.5 Å². The Morgan fingerprint density at radius 2 is 1.68 bits per heavy atom. The summed E-state index contributed by atoms with van der Waals surface area (Å²) in [5, 5.41) is 0. The van der Waals surface area contributed by atoms with Gasteiger partial charge in [0.2, 0.25) is 0 Å². The van der Waals surface area contributed by atoms with Gasteiger partial charge in [-0.1, -0.05) is 97.5 Å². The Hall–Kier alpha value is -4.37. The Morgan fingerprint density at radius 3 is 2.49 bits per heavy atom. The third-order valence-corrected chi connectivity index (χ3v) is 9.58. The van der Waals surface area contributed by atoms with Crippen molar-refractivity contribution in [3.8, 4) is 22.3 Å². The Morgan fingerprint density at radius 1 is 0.854 bits per heavy atom. The first-order valence-corrected chi connectivity index (χ1v) is 15.1. The first-order chi connectivity index (χ1) is 20.3.